The van der Waals surface area contributed by atoms with E-state index in [1.165, 1.54) is 36.4 Å². The maximum absolute atomic E-state index is 13.7. The summed E-state index contributed by atoms with van der Waals surface area (Å²) >= 11 is 0. The molecule has 166 valence electrons. The van der Waals surface area contributed by atoms with Crippen LogP contribution in [0.5, 0.6) is 0 Å². The summed E-state index contributed by atoms with van der Waals surface area (Å²) in [5.74, 6) is -1.03. The molecule has 2 amide bonds. The van der Waals surface area contributed by atoms with Gasteiger partial charge in [0.15, 0.2) is 0 Å². The Morgan fingerprint density at radius 1 is 1.16 bits per heavy atom. The van der Waals surface area contributed by atoms with Gasteiger partial charge in [0.05, 0.1) is 16.5 Å². The van der Waals surface area contributed by atoms with Crippen molar-refractivity contribution in [1.82, 2.24) is 3.97 Å². The molecular weight excluding hydrogens is 433 g/mol. The Morgan fingerprint density at radius 2 is 1.94 bits per heavy atom. The highest BCUT2D eigenvalue weighted by atomic mass is 32.2. The van der Waals surface area contributed by atoms with Crippen molar-refractivity contribution in [3.8, 4) is 0 Å². The molecule has 2 N–H and O–H groups in total. The van der Waals surface area contributed by atoms with Gasteiger partial charge in [0.2, 0.25) is 21.8 Å². The fourth-order valence-corrected chi connectivity index (χ4v) is 4.86. The normalized spacial score (nSPS) is 14.1. The molecule has 2 heterocycles. The van der Waals surface area contributed by atoms with Crippen LogP contribution in [0.25, 0.3) is 17.0 Å². The molecule has 1 aliphatic heterocycles. The largest absolute Gasteiger partial charge is 0.326 e. The van der Waals surface area contributed by atoms with E-state index in [2.05, 4.69) is 10.6 Å². The summed E-state index contributed by atoms with van der Waals surface area (Å²) in [4.78, 5) is 24.1. The number of halogens is 1. The number of fused-ring (bicyclic) bond motifs is 2. The summed E-state index contributed by atoms with van der Waals surface area (Å²) in [5, 5.41) is 5.19. The molecule has 2 aromatic carbocycles. The molecule has 0 spiro atoms. The minimum atomic E-state index is -3.75. The van der Waals surface area contributed by atoms with Gasteiger partial charge in [-0.25, -0.2) is 16.8 Å². The second-order valence-electron chi connectivity index (χ2n) is 7.87. The molecule has 1 aliphatic rings. The summed E-state index contributed by atoms with van der Waals surface area (Å²) < 4.78 is 40.6. The first-order valence-corrected chi connectivity index (χ1v) is 11.6. The van der Waals surface area contributed by atoms with Crippen molar-refractivity contribution in [3.63, 3.8) is 0 Å². The highest BCUT2D eigenvalue weighted by Crippen LogP contribution is 2.27. The quantitative estimate of drug-likeness (QED) is 0.570. The van der Waals surface area contributed by atoms with Crippen molar-refractivity contribution < 1.29 is 22.4 Å². The van der Waals surface area contributed by atoms with E-state index < -0.39 is 27.0 Å². The number of carbonyl (C=O) groups is 2. The summed E-state index contributed by atoms with van der Waals surface area (Å²) in [6, 6.07) is 10.6. The SMILES string of the molecule is CC(C)S(=O)(=O)n1c(/C=C/C(=O)Nc2ccc3c(c2)NC(=O)CC3)cc2cc(F)ccc21. The first-order chi connectivity index (χ1) is 15.1. The van der Waals surface area contributed by atoms with Crippen molar-refractivity contribution in [2.24, 2.45) is 0 Å². The van der Waals surface area contributed by atoms with Gasteiger partial charge < -0.3 is 10.6 Å². The average molecular weight is 456 g/mol. The van der Waals surface area contributed by atoms with E-state index in [4.69, 9.17) is 0 Å². The Hall–Kier alpha value is -3.46. The van der Waals surface area contributed by atoms with Crippen molar-refractivity contribution in [1.29, 1.82) is 0 Å². The fourth-order valence-electron chi connectivity index (χ4n) is 3.59. The zero-order valence-electron chi connectivity index (χ0n) is 17.6. The van der Waals surface area contributed by atoms with Gasteiger partial charge >= 0.3 is 0 Å². The van der Waals surface area contributed by atoms with Crippen molar-refractivity contribution in [2.45, 2.75) is 31.9 Å². The number of benzene rings is 2. The van der Waals surface area contributed by atoms with E-state index in [1.54, 1.807) is 26.0 Å². The molecule has 0 saturated carbocycles. The van der Waals surface area contributed by atoms with E-state index in [0.29, 0.717) is 35.1 Å². The van der Waals surface area contributed by atoms with Crippen LogP contribution in [-0.4, -0.2) is 29.5 Å². The van der Waals surface area contributed by atoms with Crippen LogP contribution in [0.3, 0.4) is 0 Å². The third kappa shape index (κ3) is 4.16. The van der Waals surface area contributed by atoms with Gasteiger partial charge in [0.25, 0.3) is 0 Å². The number of hydrogen-bond donors (Lipinski definition) is 2. The Balaban J connectivity index is 1.63. The maximum Gasteiger partial charge on any atom is 0.248 e. The summed E-state index contributed by atoms with van der Waals surface area (Å²) in [6.07, 6.45) is 3.67. The lowest BCUT2D eigenvalue weighted by molar-refractivity contribution is -0.116. The Labute approximate surface area is 185 Å². The van der Waals surface area contributed by atoms with Crippen LogP contribution < -0.4 is 10.6 Å². The molecule has 0 saturated heterocycles. The van der Waals surface area contributed by atoms with Gasteiger partial charge in [0, 0.05) is 29.3 Å². The van der Waals surface area contributed by atoms with Crippen LogP contribution in [0.15, 0.2) is 48.5 Å². The van der Waals surface area contributed by atoms with Crippen LogP contribution in [-0.2, 0) is 26.0 Å². The summed E-state index contributed by atoms with van der Waals surface area (Å²) in [5.41, 5.74) is 2.73. The Morgan fingerprint density at radius 3 is 2.69 bits per heavy atom. The molecule has 0 radical (unpaired) electrons. The molecule has 0 bridgehead atoms. The molecule has 7 nitrogen and oxygen atoms in total. The summed E-state index contributed by atoms with van der Waals surface area (Å²) in [7, 11) is -3.75. The number of hydrogen-bond acceptors (Lipinski definition) is 4. The van der Waals surface area contributed by atoms with Crippen LogP contribution in [0.2, 0.25) is 0 Å². The second-order valence-corrected chi connectivity index (χ2v) is 10.2. The Kier molecular flexibility index (Phi) is 5.60. The van der Waals surface area contributed by atoms with Gasteiger partial charge in [-0.05, 0) is 68.3 Å². The smallest absolute Gasteiger partial charge is 0.248 e. The highest BCUT2D eigenvalue weighted by molar-refractivity contribution is 7.90. The predicted molar refractivity (Wildman–Crippen MR) is 122 cm³/mol. The number of amides is 2. The van der Waals surface area contributed by atoms with Gasteiger partial charge in [-0.2, -0.15) is 0 Å². The molecule has 32 heavy (non-hydrogen) atoms. The molecule has 3 aromatic rings. The second kappa shape index (κ2) is 8.23. The Bertz CT molecular complexity index is 1370. The van der Waals surface area contributed by atoms with Crippen LogP contribution in [0.1, 0.15) is 31.5 Å². The molecule has 9 heteroatoms. The fraction of sp³-hybridized carbons (Fsp3) is 0.217. The number of rotatable bonds is 5. The third-order valence-corrected chi connectivity index (χ3v) is 7.38. The monoisotopic (exact) mass is 455 g/mol. The lowest BCUT2D eigenvalue weighted by atomic mass is 10.0. The van der Waals surface area contributed by atoms with E-state index in [-0.39, 0.29) is 11.6 Å². The minimum Gasteiger partial charge on any atom is -0.326 e. The topological polar surface area (TPSA) is 97.3 Å². The molecule has 4 rings (SSSR count). The van der Waals surface area contributed by atoms with E-state index in [9.17, 15) is 22.4 Å². The van der Waals surface area contributed by atoms with Crippen LogP contribution in [0.4, 0.5) is 15.8 Å². The van der Waals surface area contributed by atoms with Gasteiger partial charge in [-0.15, -0.1) is 0 Å². The molecule has 0 aliphatic carbocycles. The number of nitrogens with zero attached hydrogens (tertiary/aromatic N) is 1. The molecule has 1 aromatic heterocycles. The lowest BCUT2D eigenvalue weighted by Gasteiger charge is -2.17. The summed E-state index contributed by atoms with van der Waals surface area (Å²) in [6.45, 7) is 3.11. The molecule has 0 unspecified atom stereocenters. The van der Waals surface area contributed by atoms with Crippen molar-refractivity contribution in [2.75, 3.05) is 10.6 Å². The lowest BCUT2D eigenvalue weighted by Crippen LogP contribution is -2.23. The average Bonchev–Trinajstić information content (AvgIpc) is 3.10. The number of aryl methyl sites for hydroxylation is 1. The number of aromatic nitrogens is 1. The van der Waals surface area contributed by atoms with Crippen LogP contribution in [0, 0.1) is 5.82 Å². The zero-order valence-corrected chi connectivity index (χ0v) is 18.4. The first kappa shape index (κ1) is 21.8. The standard InChI is InChI=1S/C23H22FN3O4S/c1-14(2)32(30,31)27-19(12-16-11-17(24)5-8-21(16)27)7-10-22(28)25-18-6-3-15-4-9-23(29)26-20(15)13-18/h3,5-8,10-14H,4,9H2,1-2H3,(H,25,28)(H,26,29)/b10-7+. The zero-order chi connectivity index (χ0) is 23.0. The van der Waals surface area contributed by atoms with Crippen molar-refractivity contribution in [3.05, 3.63) is 65.6 Å². The third-order valence-electron chi connectivity index (χ3n) is 5.27. The maximum atomic E-state index is 13.7. The minimum absolute atomic E-state index is 0.0727. The predicted octanol–water partition coefficient (Wildman–Crippen LogP) is 3.90. The van der Waals surface area contributed by atoms with E-state index in [0.717, 1.165) is 9.54 Å². The number of anilines is 2. The van der Waals surface area contributed by atoms with Gasteiger partial charge in [-0.1, -0.05) is 6.07 Å². The molecule has 0 fully saturated rings. The molecular formula is C23H22FN3O4S. The first-order valence-electron chi connectivity index (χ1n) is 10.1. The van der Waals surface area contributed by atoms with Gasteiger partial charge in [-0.3, -0.25) is 9.59 Å². The highest BCUT2D eigenvalue weighted by Gasteiger charge is 2.23. The van der Waals surface area contributed by atoms with Crippen molar-refractivity contribution >= 4 is 50.2 Å². The number of nitrogens with one attached hydrogen (secondary N) is 2. The molecule has 0 atom stereocenters. The van der Waals surface area contributed by atoms with Gasteiger partial charge in [0.1, 0.15) is 5.82 Å². The van der Waals surface area contributed by atoms with E-state index in [1.807, 2.05) is 6.07 Å². The number of carbonyl (C=O) groups excluding carboxylic acids is 2. The van der Waals surface area contributed by atoms with Crippen LogP contribution >= 0.6 is 0 Å². The van der Waals surface area contributed by atoms with E-state index >= 15 is 0 Å².